The van der Waals surface area contributed by atoms with Gasteiger partial charge in [0.1, 0.15) is 5.82 Å². The van der Waals surface area contributed by atoms with Crippen molar-refractivity contribution in [3.8, 4) is 23.0 Å². The number of carbonyl (C=O) groups excluding carboxylic acids is 1. The Morgan fingerprint density at radius 2 is 1.97 bits per heavy atom. The predicted octanol–water partition coefficient (Wildman–Crippen LogP) is 4.52. The number of hydrogen-bond acceptors (Lipinski definition) is 6. The number of methoxy groups -OCH3 is 2. The fraction of sp³-hybridized carbons (Fsp3) is 0.238. The normalized spacial score (nSPS) is 11.4. The van der Waals surface area contributed by atoms with E-state index in [-0.39, 0.29) is 46.9 Å². The number of nitrogens with two attached hydrogens (primary N) is 1. The second-order valence-corrected chi connectivity index (χ2v) is 6.88. The summed E-state index contributed by atoms with van der Waals surface area (Å²) in [4.78, 5) is 17.0. The number of aromatic nitrogens is 1. The molecule has 0 unspecified atom stereocenters. The third-order valence-electron chi connectivity index (χ3n) is 4.40. The lowest BCUT2D eigenvalue weighted by Crippen LogP contribution is -2.26. The highest BCUT2D eigenvalue weighted by atomic mass is 35.5. The van der Waals surface area contributed by atoms with E-state index in [4.69, 9.17) is 31.2 Å². The zero-order valence-electron chi connectivity index (χ0n) is 17.1. The van der Waals surface area contributed by atoms with Crippen LogP contribution in [0, 0.1) is 5.82 Å². The second-order valence-electron chi connectivity index (χ2n) is 6.47. The lowest BCUT2D eigenvalue weighted by molar-refractivity contribution is 0.0943. The fourth-order valence-corrected chi connectivity index (χ4v) is 3.08. The number of amides is 1. The lowest BCUT2D eigenvalue weighted by Gasteiger charge is -2.08. The van der Waals surface area contributed by atoms with E-state index < -0.39 is 17.8 Å². The number of halogens is 3. The average Bonchev–Trinajstić information content (AvgIpc) is 3.18. The summed E-state index contributed by atoms with van der Waals surface area (Å²) in [6, 6.07) is 8.81. The largest absolute Gasteiger partial charge is 0.493 e. The first-order valence-electron chi connectivity index (χ1n) is 9.05. The van der Waals surface area contributed by atoms with Crippen LogP contribution in [0.15, 0.2) is 40.8 Å². The number of benzene rings is 2. The standard InChI is InChI=1S/C21H21ClFN3O4.ClH/c1-11(24)19-18(20(27)25-10-13-14(22)5-4-6-15(13)23)26-21(30-19)12-7-8-16(28-2)17(9-12)29-3;/h4-9,11H,10,24H2,1-3H3,(H,25,27);1H/t11-;/m0./s1. The molecule has 3 aromatic rings. The van der Waals surface area contributed by atoms with Crippen molar-refractivity contribution >= 4 is 29.9 Å². The monoisotopic (exact) mass is 469 g/mol. The molecule has 1 atom stereocenters. The Bertz CT molecular complexity index is 1050. The van der Waals surface area contributed by atoms with E-state index in [1.165, 1.54) is 26.4 Å². The number of ether oxygens (including phenoxy) is 2. The van der Waals surface area contributed by atoms with Gasteiger partial charge in [-0.05, 0) is 37.3 Å². The first kappa shape index (κ1) is 24.5. The Morgan fingerprint density at radius 1 is 1.26 bits per heavy atom. The third kappa shape index (κ3) is 5.28. The van der Waals surface area contributed by atoms with Crippen molar-refractivity contribution in [2.75, 3.05) is 14.2 Å². The molecule has 0 saturated heterocycles. The van der Waals surface area contributed by atoms with Gasteiger partial charge in [-0.25, -0.2) is 9.37 Å². The Labute approximate surface area is 190 Å². The van der Waals surface area contributed by atoms with Crippen LogP contribution in [0.4, 0.5) is 4.39 Å². The maximum atomic E-state index is 14.0. The van der Waals surface area contributed by atoms with E-state index in [0.717, 1.165) is 0 Å². The first-order chi connectivity index (χ1) is 14.3. The summed E-state index contributed by atoms with van der Waals surface area (Å²) in [5.41, 5.74) is 6.73. The number of carbonyl (C=O) groups is 1. The van der Waals surface area contributed by atoms with E-state index >= 15 is 0 Å². The van der Waals surface area contributed by atoms with Gasteiger partial charge in [0.05, 0.1) is 20.3 Å². The molecule has 0 spiro atoms. The molecule has 3 rings (SSSR count). The Morgan fingerprint density at radius 3 is 2.58 bits per heavy atom. The van der Waals surface area contributed by atoms with E-state index in [1.54, 1.807) is 31.2 Å². The molecule has 0 radical (unpaired) electrons. The van der Waals surface area contributed by atoms with Crippen molar-refractivity contribution in [1.29, 1.82) is 0 Å². The molecule has 7 nitrogen and oxygen atoms in total. The van der Waals surface area contributed by atoms with Gasteiger partial charge in [0.15, 0.2) is 23.0 Å². The van der Waals surface area contributed by atoms with Crippen molar-refractivity contribution < 1.29 is 23.1 Å². The molecule has 31 heavy (non-hydrogen) atoms. The Hall–Kier alpha value is -2.81. The molecule has 1 aromatic heterocycles. The number of oxazole rings is 1. The van der Waals surface area contributed by atoms with Crippen molar-refractivity contribution in [2.24, 2.45) is 5.73 Å². The van der Waals surface area contributed by atoms with E-state index in [9.17, 15) is 9.18 Å². The van der Waals surface area contributed by atoms with Crippen LogP contribution in [0.5, 0.6) is 11.5 Å². The van der Waals surface area contributed by atoms with Gasteiger partial charge in [0, 0.05) is 22.7 Å². The predicted molar refractivity (Wildman–Crippen MR) is 117 cm³/mol. The minimum Gasteiger partial charge on any atom is -0.493 e. The smallest absolute Gasteiger partial charge is 0.273 e. The number of rotatable bonds is 7. The minimum atomic E-state index is -0.593. The molecule has 0 aliphatic carbocycles. The van der Waals surface area contributed by atoms with Gasteiger partial charge >= 0.3 is 0 Å². The molecule has 0 aliphatic heterocycles. The molecule has 2 aromatic carbocycles. The highest BCUT2D eigenvalue weighted by molar-refractivity contribution is 6.31. The average molecular weight is 470 g/mol. The molecular formula is C21H22Cl2FN3O4. The SMILES string of the molecule is COc1ccc(-c2nc(C(=O)NCc3c(F)cccc3Cl)c([C@H](C)N)o2)cc1OC.Cl. The summed E-state index contributed by atoms with van der Waals surface area (Å²) in [6.45, 7) is 1.56. The number of nitrogens with one attached hydrogen (secondary N) is 1. The van der Waals surface area contributed by atoms with Crippen LogP contribution in [-0.4, -0.2) is 25.1 Å². The zero-order chi connectivity index (χ0) is 21.8. The van der Waals surface area contributed by atoms with Gasteiger partial charge in [-0.3, -0.25) is 4.79 Å². The molecule has 0 bridgehead atoms. The molecule has 10 heteroatoms. The second kappa shape index (κ2) is 10.5. The summed E-state index contributed by atoms with van der Waals surface area (Å²) in [6.07, 6.45) is 0. The molecule has 3 N–H and O–H groups in total. The molecule has 1 amide bonds. The minimum absolute atomic E-state index is 0. The van der Waals surface area contributed by atoms with Crippen molar-refractivity contribution in [2.45, 2.75) is 19.5 Å². The third-order valence-corrected chi connectivity index (χ3v) is 4.75. The lowest BCUT2D eigenvalue weighted by atomic mass is 10.2. The van der Waals surface area contributed by atoms with Gasteiger partial charge in [-0.15, -0.1) is 12.4 Å². The Kier molecular flexibility index (Phi) is 8.27. The molecule has 1 heterocycles. The first-order valence-corrected chi connectivity index (χ1v) is 9.43. The summed E-state index contributed by atoms with van der Waals surface area (Å²) in [5.74, 6) is 0.350. The molecular weight excluding hydrogens is 448 g/mol. The van der Waals surface area contributed by atoms with Crippen LogP contribution < -0.4 is 20.5 Å². The van der Waals surface area contributed by atoms with Gasteiger partial charge in [0.25, 0.3) is 5.91 Å². The van der Waals surface area contributed by atoms with E-state index in [0.29, 0.717) is 17.1 Å². The topological polar surface area (TPSA) is 99.6 Å². The molecule has 166 valence electrons. The maximum absolute atomic E-state index is 14.0. The molecule has 0 fully saturated rings. The van der Waals surface area contributed by atoms with Gasteiger partial charge in [-0.2, -0.15) is 0 Å². The maximum Gasteiger partial charge on any atom is 0.273 e. The zero-order valence-corrected chi connectivity index (χ0v) is 18.6. The van der Waals surface area contributed by atoms with Crippen LogP contribution in [0.3, 0.4) is 0 Å². The fourth-order valence-electron chi connectivity index (χ4n) is 2.85. The summed E-state index contributed by atoms with van der Waals surface area (Å²) in [5, 5.41) is 2.83. The molecule has 0 aliphatic rings. The highest BCUT2D eigenvalue weighted by Gasteiger charge is 2.24. The molecule has 0 saturated carbocycles. The van der Waals surface area contributed by atoms with Gasteiger partial charge in [-0.1, -0.05) is 17.7 Å². The number of hydrogen-bond donors (Lipinski definition) is 2. The summed E-state index contributed by atoms with van der Waals surface area (Å²) >= 11 is 6.01. The van der Waals surface area contributed by atoms with Crippen LogP contribution in [-0.2, 0) is 6.54 Å². The van der Waals surface area contributed by atoms with E-state index in [1.807, 2.05) is 0 Å². The van der Waals surface area contributed by atoms with E-state index in [2.05, 4.69) is 10.3 Å². The quantitative estimate of drug-likeness (QED) is 0.527. The van der Waals surface area contributed by atoms with Gasteiger partial charge < -0.3 is 24.9 Å². The van der Waals surface area contributed by atoms with Gasteiger partial charge in [0.2, 0.25) is 5.89 Å². The van der Waals surface area contributed by atoms with Crippen molar-refractivity contribution in [3.05, 3.63) is 64.3 Å². The van der Waals surface area contributed by atoms with Crippen LogP contribution >= 0.6 is 24.0 Å². The van der Waals surface area contributed by atoms with Crippen LogP contribution in [0.1, 0.15) is 34.8 Å². The number of nitrogens with zero attached hydrogens (tertiary/aromatic N) is 1. The van der Waals surface area contributed by atoms with Crippen LogP contribution in [0.2, 0.25) is 5.02 Å². The summed E-state index contributed by atoms with van der Waals surface area (Å²) in [7, 11) is 3.04. The van der Waals surface area contributed by atoms with Crippen LogP contribution in [0.25, 0.3) is 11.5 Å². The van der Waals surface area contributed by atoms with Crippen molar-refractivity contribution in [1.82, 2.24) is 10.3 Å². The van der Waals surface area contributed by atoms with Crippen molar-refractivity contribution in [3.63, 3.8) is 0 Å². The Balaban J connectivity index is 0.00000341. The summed E-state index contributed by atoms with van der Waals surface area (Å²) < 4.78 is 30.2. The highest BCUT2D eigenvalue weighted by Crippen LogP contribution is 2.33.